The molecule has 0 aromatic heterocycles. The number of hydrogen-bond acceptors (Lipinski definition) is 3. The van der Waals surface area contributed by atoms with Gasteiger partial charge in [-0.2, -0.15) is 0 Å². The van der Waals surface area contributed by atoms with E-state index in [1.165, 1.54) is 0 Å². The Morgan fingerprint density at radius 3 is 2.52 bits per heavy atom. The van der Waals surface area contributed by atoms with Gasteiger partial charge >= 0.3 is 0 Å². The second kappa shape index (κ2) is 8.20. The van der Waals surface area contributed by atoms with Gasteiger partial charge in [-0.3, -0.25) is 4.79 Å². The molecule has 0 aliphatic heterocycles. The third-order valence-electron chi connectivity index (χ3n) is 3.35. The van der Waals surface area contributed by atoms with Gasteiger partial charge in [0.15, 0.2) is 6.61 Å². The zero-order valence-corrected chi connectivity index (χ0v) is 14.2. The Labute approximate surface area is 145 Å². The molecule has 0 saturated heterocycles. The molecule has 3 N–H and O–H groups in total. The molecule has 0 fully saturated rings. The lowest BCUT2D eigenvalue weighted by molar-refractivity contribution is -0.119. The number of carbonyl (C=O) groups excluding carboxylic acids is 1. The van der Waals surface area contributed by atoms with E-state index in [0.29, 0.717) is 22.3 Å². The van der Waals surface area contributed by atoms with Crippen LogP contribution >= 0.6 is 23.2 Å². The molecule has 2 aromatic rings. The molecule has 23 heavy (non-hydrogen) atoms. The summed E-state index contributed by atoms with van der Waals surface area (Å²) in [5.74, 6) is 0.116. The highest BCUT2D eigenvalue weighted by atomic mass is 35.5. The number of carbonyl (C=O) groups is 1. The second-order valence-corrected chi connectivity index (χ2v) is 6.01. The summed E-state index contributed by atoms with van der Waals surface area (Å²) in [6.07, 6.45) is 0. The molecule has 0 radical (unpaired) electrons. The molecule has 2 aromatic carbocycles. The average Bonchev–Trinajstić information content (AvgIpc) is 2.51. The molecule has 0 saturated carbocycles. The van der Waals surface area contributed by atoms with Gasteiger partial charge in [0.2, 0.25) is 0 Å². The van der Waals surface area contributed by atoms with Crippen molar-refractivity contribution in [2.75, 3.05) is 6.61 Å². The van der Waals surface area contributed by atoms with Crippen molar-refractivity contribution in [1.29, 1.82) is 0 Å². The maximum Gasteiger partial charge on any atom is 0.255 e. The van der Waals surface area contributed by atoms with Crippen LogP contribution in [-0.2, 0) is 11.3 Å². The van der Waals surface area contributed by atoms with Crippen LogP contribution in [-0.4, -0.2) is 12.5 Å². The normalized spacial score (nSPS) is 12.0. The smallest absolute Gasteiger partial charge is 0.255 e. The molecule has 6 heteroatoms. The number of primary amides is 1. The number of amides is 1. The molecule has 0 heterocycles. The maximum absolute atomic E-state index is 10.7. The highest BCUT2D eigenvalue weighted by Gasteiger charge is 2.09. The van der Waals surface area contributed by atoms with Gasteiger partial charge in [-0.15, -0.1) is 0 Å². The Kier molecular flexibility index (Phi) is 6.28. The van der Waals surface area contributed by atoms with Gasteiger partial charge < -0.3 is 15.8 Å². The van der Waals surface area contributed by atoms with E-state index in [-0.39, 0.29) is 12.6 Å². The van der Waals surface area contributed by atoms with Crippen molar-refractivity contribution in [2.45, 2.75) is 19.5 Å². The van der Waals surface area contributed by atoms with Crippen LogP contribution in [0.3, 0.4) is 0 Å². The molecule has 0 aliphatic carbocycles. The number of benzene rings is 2. The summed E-state index contributed by atoms with van der Waals surface area (Å²) in [4.78, 5) is 10.7. The van der Waals surface area contributed by atoms with E-state index < -0.39 is 5.91 Å². The monoisotopic (exact) mass is 352 g/mol. The Morgan fingerprint density at radius 2 is 1.91 bits per heavy atom. The first-order chi connectivity index (χ1) is 11.0. The second-order valence-electron chi connectivity index (χ2n) is 5.17. The predicted molar refractivity (Wildman–Crippen MR) is 92.8 cm³/mol. The summed E-state index contributed by atoms with van der Waals surface area (Å²) in [7, 11) is 0. The number of ether oxygens (including phenoxy) is 1. The Balaban J connectivity index is 1.91. The minimum atomic E-state index is -0.496. The fourth-order valence-corrected chi connectivity index (χ4v) is 2.66. The van der Waals surface area contributed by atoms with Gasteiger partial charge in [0, 0.05) is 22.6 Å². The first-order valence-corrected chi connectivity index (χ1v) is 7.89. The van der Waals surface area contributed by atoms with Crippen LogP contribution in [0.2, 0.25) is 10.0 Å². The third-order valence-corrected chi connectivity index (χ3v) is 3.91. The fourth-order valence-electron chi connectivity index (χ4n) is 2.09. The van der Waals surface area contributed by atoms with Crippen molar-refractivity contribution in [3.05, 3.63) is 63.6 Å². The zero-order valence-electron chi connectivity index (χ0n) is 12.7. The molecule has 0 bridgehead atoms. The average molecular weight is 353 g/mol. The zero-order chi connectivity index (χ0) is 16.8. The molecule has 0 spiro atoms. The van der Waals surface area contributed by atoms with Crippen LogP contribution in [0.1, 0.15) is 24.1 Å². The van der Waals surface area contributed by atoms with Crippen molar-refractivity contribution in [2.24, 2.45) is 5.73 Å². The number of rotatable bonds is 7. The maximum atomic E-state index is 10.7. The number of nitrogens with two attached hydrogens (primary N) is 1. The summed E-state index contributed by atoms with van der Waals surface area (Å²) in [6, 6.07) is 13.0. The third kappa shape index (κ3) is 5.43. The molecule has 0 aliphatic rings. The summed E-state index contributed by atoms with van der Waals surface area (Å²) < 4.78 is 5.22. The quantitative estimate of drug-likeness (QED) is 0.798. The van der Waals surface area contributed by atoms with E-state index in [2.05, 4.69) is 5.32 Å². The number of hydrogen-bond donors (Lipinski definition) is 2. The molecule has 1 amide bonds. The molecular weight excluding hydrogens is 335 g/mol. The van der Waals surface area contributed by atoms with Gasteiger partial charge in [-0.1, -0.05) is 41.4 Å². The molecule has 0 unspecified atom stereocenters. The van der Waals surface area contributed by atoms with Gasteiger partial charge in [0.1, 0.15) is 5.75 Å². The van der Waals surface area contributed by atoms with Crippen LogP contribution in [0.25, 0.3) is 0 Å². The Hall–Kier alpha value is -1.75. The lowest BCUT2D eigenvalue weighted by Crippen LogP contribution is -2.20. The van der Waals surface area contributed by atoms with E-state index in [0.717, 1.165) is 11.1 Å². The summed E-state index contributed by atoms with van der Waals surface area (Å²) in [6.45, 7) is 2.60. The van der Waals surface area contributed by atoms with Crippen LogP contribution in [0, 0.1) is 0 Å². The van der Waals surface area contributed by atoms with Crippen LogP contribution < -0.4 is 15.8 Å². The van der Waals surface area contributed by atoms with Gasteiger partial charge in [0.05, 0.1) is 0 Å². The van der Waals surface area contributed by atoms with E-state index in [1.807, 2.05) is 31.2 Å². The number of nitrogens with one attached hydrogen (secondary N) is 1. The van der Waals surface area contributed by atoms with Crippen LogP contribution in [0.15, 0.2) is 42.5 Å². The minimum Gasteiger partial charge on any atom is -0.484 e. The first-order valence-electron chi connectivity index (χ1n) is 7.14. The molecule has 1 atom stereocenters. The fraction of sp³-hybridized carbons (Fsp3) is 0.235. The summed E-state index contributed by atoms with van der Waals surface area (Å²) >= 11 is 12.1. The van der Waals surface area contributed by atoms with Gasteiger partial charge in [-0.25, -0.2) is 0 Å². The Morgan fingerprint density at radius 1 is 1.22 bits per heavy atom. The van der Waals surface area contributed by atoms with Crippen LogP contribution in [0.4, 0.5) is 0 Å². The predicted octanol–water partition coefficient (Wildman–Crippen LogP) is 3.71. The highest BCUT2D eigenvalue weighted by Crippen LogP contribution is 2.26. The summed E-state index contributed by atoms with van der Waals surface area (Å²) in [5, 5.41) is 4.67. The van der Waals surface area contributed by atoms with Crippen LogP contribution in [0.5, 0.6) is 5.75 Å². The Bertz CT molecular complexity index is 675. The van der Waals surface area contributed by atoms with Gasteiger partial charge in [-0.05, 0) is 42.3 Å². The lowest BCUT2D eigenvalue weighted by atomic mass is 10.1. The van der Waals surface area contributed by atoms with E-state index in [4.69, 9.17) is 33.7 Å². The largest absolute Gasteiger partial charge is 0.484 e. The van der Waals surface area contributed by atoms with E-state index >= 15 is 0 Å². The standard InChI is InChI=1S/C17H18Cl2N2O2/c1-11(15-7-4-13(18)8-16(15)19)21-9-12-2-5-14(6-3-12)23-10-17(20)22/h2-8,11,21H,9-10H2,1H3,(H2,20,22)/t11-/m1/s1. The van der Waals surface area contributed by atoms with E-state index in [1.54, 1.807) is 18.2 Å². The van der Waals surface area contributed by atoms with Crippen molar-refractivity contribution in [3.63, 3.8) is 0 Å². The van der Waals surface area contributed by atoms with E-state index in [9.17, 15) is 4.79 Å². The SMILES string of the molecule is C[C@@H](NCc1ccc(OCC(N)=O)cc1)c1ccc(Cl)cc1Cl. The highest BCUT2D eigenvalue weighted by molar-refractivity contribution is 6.35. The lowest BCUT2D eigenvalue weighted by Gasteiger charge is -2.16. The van der Waals surface area contributed by atoms with Crippen molar-refractivity contribution in [3.8, 4) is 5.75 Å². The summed E-state index contributed by atoms with van der Waals surface area (Å²) in [5.41, 5.74) is 7.12. The minimum absolute atomic E-state index is 0.0885. The topological polar surface area (TPSA) is 64.3 Å². The molecule has 2 rings (SSSR count). The molecule has 4 nitrogen and oxygen atoms in total. The molecular formula is C17H18Cl2N2O2. The van der Waals surface area contributed by atoms with Crippen molar-refractivity contribution < 1.29 is 9.53 Å². The van der Waals surface area contributed by atoms with Crippen molar-refractivity contribution in [1.82, 2.24) is 5.32 Å². The van der Waals surface area contributed by atoms with Crippen molar-refractivity contribution >= 4 is 29.1 Å². The molecule has 122 valence electrons. The van der Waals surface area contributed by atoms with Gasteiger partial charge in [0.25, 0.3) is 5.91 Å². The number of halogens is 2. The first kappa shape index (κ1) is 17.6.